The predicted molar refractivity (Wildman–Crippen MR) is 88.7 cm³/mol. The third-order valence-corrected chi connectivity index (χ3v) is 3.79. The second kappa shape index (κ2) is 7.54. The Labute approximate surface area is 128 Å². The summed E-state index contributed by atoms with van der Waals surface area (Å²) in [5.41, 5.74) is 2.71. The van der Waals surface area contributed by atoms with Gasteiger partial charge in [0.15, 0.2) is 0 Å². The molecule has 0 bridgehead atoms. The van der Waals surface area contributed by atoms with Gasteiger partial charge in [0.25, 0.3) is 0 Å². The van der Waals surface area contributed by atoms with E-state index >= 15 is 0 Å². The molecule has 0 spiro atoms. The second-order valence-electron chi connectivity index (χ2n) is 5.60. The third-order valence-electron chi connectivity index (χ3n) is 2.70. The molecule has 0 radical (unpaired) electrons. The molecule has 0 unspecified atom stereocenters. The molecule has 102 valence electrons. The number of hydrogen-bond acceptors (Lipinski definition) is 1. The lowest BCUT2D eigenvalue weighted by Gasteiger charge is -2.30. The Kier molecular flexibility index (Phi) is 6.72. The molecule has 0 amide bonds. The van der Waals surface area contributed by atoms with Crippen molar-refractivity contribution in [3.63, 3.8) is 0 Å². The lowest BCUT2D eigenvalue weighted by atomic mass is 10.1. The van der Waals surface area contributed by atoms with Crippen molar-refractivity contribution in [3.8, 4) is 0 Å². The minimum Gasteiger partial charge on any atom is -0.371 e. The van der Waals surface area contributed by atoms with E-state index in [1.165, 1.54) is 11.3 Å². The van der Waals surface area contributed by atoms with Gasteiger partial charge in [0.1, 0.15) is 0 Å². The van der Waals surface area contributed by atoms with Crippen molar-refractivity contribution in [2.75, 3.05) is 18.0 Å². The summed E-state index contributed by atoms with van der Waals surface area (Å²) in [6.45, 7) is 11.3. The molecule has 0 aliphatic carbocycles. The topological polar surface area (TPSA) is 3.24 Å². The summed E-state index contributed by atoms with van der Waals surface area (Å²) < 4.78 is 1.15. The minimum atomic E-state index is 0.676. The van der Waals surface area contributed by atoms with Crippen LogP contribution in [0.25, 0.3) is 0 Å². The predicted octanol–water partition coefficient (Wildman–Crippen LogP) is 5.46. The van der Waals surface area contributed by atoms with Gasteiger partial charge in [-0.2, -0.15) is 0 Å². The molecule has 0 saturated carbocycles. The molecule has 1 nitrogen and oxygen atoms in total. The highest BCUT2D eigenvalue weighted by Crippen LogP contribution is 2.28. The van der Waals surface area contributed by atoms with Gasteiger partial charge in [0, 0.05) is 28.6 Å². The highest BCUT2D eigenvalue weighted by molar-refractivity contribution is 9.10. The second-order valence-corrected chi connectivity index (χ2v) is 7.08. The number of benzene rings is 1. The van der Waals surface area contributed by atoms with E-state index < -0.39 is 0 Å². The summed E-state index contributed by atoms with van der Waals surface area (Å²) in [5.74, 6) is 1.35. The molecule has 0 saturated heterocycles. The average Bonchev–Trinajstić information content (AvgIpc) is 2.26. The van der Waals surface area contributed by atoms with E-state index in [1.54, 1.807) is 0 Å². The van der Waals surface area contributed by atoms with Gasteiger partial charge >= 0.3 is 0 Å². The highest BCUT2D eigenvalue weighted by atomic mass is 79.9. The lowest BCUT2D eigenvalue weighted by molar-refractivity contribution is 0.552. The normalized spacial score (nSPS) is 11.3. The molecule has 3 heteroatoms. The minimum absolute atomic E-state index is 0.676. The van der Waals surface area contributed by atoms with Gasteiger partial charge in [-0.1, -0.05) is 59.6 Å². The van der Waals surface area contributed by atoms with Crippen LogP contribution in [0.1, 0.15) is 33.3 Å². The molecule has 0 N–H and O–H groups in total. The Hall–Kier alpha value is -0.0200. The van der Waals surface area contributed by atoms with E-state index in [1.807, 2.05) is 0 Å². The maximum absolute atomic E-state index is 3.60. The van der Waals surface area contributed by atoms with E-state index in [4.69, 9.17) is 0 Å². The SMILES string of the molecule is CC(C)CN(CC(C)C)c1ccc(Br)cc1CBr. The van der Waals surface area contributed by atoms with Crippen molar-refractivity contribution in [2.24, 2.45) is 11.8 Å². The summed E-state index contributed by atoms with van der Waals surface area (Å²) in [6.07, 6.45) is 0. The lowest BCUT2D eigenvalue weighted by Crippen LogP contribution is -2.32. The summed E-state index contributed by atoms with van der Waals surface area (Å²) in [4.78, 5) is 2.51. The van der Waals surface area contributed by atoms with Gasteiger partial charge in [-0.25, -0.2) is 0 Å². The van der Waals surface area contributed by atoms with E-state index in [0.717, 1.165) is 22.9 Å². The van der Waals surface area contributed by atoms with Crippen LogP contribution in [-0.4, -0.2) is 13.1 Å². The molecule has 0 aliphatic heterocycles. The van der Waals surface area contributed by atoms with Crippen LogP contribution >= 0.6 is 31.9 Å². The van der Waals surface area contributed by atoms with Crippen LogP contribution < -0.4 is 4.90 Å². The van der Waals surface area contributed by atoms with Gasteiger partial charge in [0.2, 0.25) is 0 Å². The molecular weight excluding hydrogens is 354 g/mol. The first-order valence-corrected chi connectivity index (χ1v) is 8.44. The molecule has 0 fully saturated rings. The fourth-order valence-electron chi connectivity index (χ4n) is 2.12. The number of rotatable bonds is 6. The summed E-state index contributed by atoms with van der Waals surface area (Å²) in [7, 11) is 0. The number of alkyl halides is 1. The van der Waals surface area contributed by atoms with Gasteiger partial charge < -0.3 is 4.90 Å². The first-order valence-electron chi connectivity index (χ1n) is 6.53. The number of anilines is 1. The first kappa shape index (κ1) is 16.0. The zero-order chi connectivity index (χ0) is 13.7. The molecule has 0 aromatic heterocycles. The Morgan fingerprint density at radius 1 is 1.06 bits per heavy atom. The van der Waals surface area contributed by atoms with E-state index in [9.17, 15) is 0 Å². The van der Waals surface area contributed by atoms with Crippen molar-refractivity contribution in [1.29, 1.82) is 0 Å². The van der Waals surface area contributed by atoms with Crippen molar-refractivity contribution in [2.45, 2.75) is 33.0 Å². The maximum Gasteiger partial charge on any atom is 0.0408 e. The molecule has 1 aromatic rings. The molecular formula is C15H23Br2N. The molecule has 0 heterocycles. The molecule has 18 heavy (non-hydrogen) atoms. The smallest absolute Gasteiger partial charge is 0.0408 e. The Bertz CT molecular complexity index is 365. The molecule has 0 aliphatic rings. The van der Waals surface area contributed by atoms with Crippen LogP contribution in [-0.2, 0) is 5.33 Å². The van der Waals surface area contributed by atoms with Crippen LogP contribution in [0.3, 0.4) is 0 Å². The highest BCUT2D eigenvalue weighted by Gasteiger charge is 2.14. The fourth-order valence-corrected chi connectivity index (χ4v) is 2.98. The average molecular weight is 377 g/mol. The zero-order valence-corrected chi connectivity index (χ0v) is 14.9. The van der Waals surface area contributed by atoms with Crippen molar-refractivity contribution >= 4 is 37.5 Å². The van der Waals surface area contributed by atoms with Crippen LogP contribution in [0.5, 0.6) is 0 Å². The summed E-state index contributed by atoms with van der Waals surface area (Å²) in [6, 6.07) is 6.57. The molecule has 1 rings (SSSR count). The van der Waals surface area contributed by atoms with Crippen molar-refractivity contribution in [1.82, 2.24) is 0 Å². The number of nitrogens with zero attached hydrogens (tertiary/aromatic N) is 1. The standard InChI is InChI=1S/C15H23Br2N/c1-11(2)9-18(10-12(3)4)15-6-5-14(17)7-13(15)8-16/h5-7,11-12H,8-10H2,1-4H3. The Balaban J connectivity index is 3.03. The largest absolute Gasteiger partial charge is 0.371 e. The fraction of sp³-hybridized carbons (Fsp3) is 0.600. The zero-order valence-electron chi connectivity index (χ0n) is 11.7. The first-order chi connectivity index (χ1) is 8.43. The van der Waals surface area contributed by atoms with Gasteiger partial charge in [-0.3, -0.25) is 0 Å². The van der Waals surface area contributed by atoms with E-state index in [2.05, 4.69) is 82.7 Å². The number of halogens is 2. The molecule has 0 atom stereocenters. The Morgan fingerprint density at radius 3 is 2.06 bits per heavy atom. The van der Waals surface area contributed by atoms with Crippen molar-refractivity contribution in [3.05, 3.63) is 28.2 Å². The maximum atomic E-state index is 3.60. The van der Waals surface area contributed by atoms with Crippen LogP contribution in [0.4, 0.5) is 5.69 Å². The van der Waals surface area contributed by atoms with Gasteiger partial charge in [-0.05, 0) is 35.6 Å². The number of hydrogen-bond donors (Lipinski definition) is 0. The third kappa shape index (κ3) is 4.93. The van der Waals surface area contributed by atoms with Gasteiger partial charge in [0.05, 0.1) is 0 Å². The monoisotopic (exact) mass is 375 g/mol. The van der Waals surface area contributed by atoms with E-state index in [-0.39, 0.29) is 0 Å². The van der Waals surface area contributed by atoms with Crippen LogP contribution in [0.15, 0.2) is 22.7 Å². The molecule has 1 aromatic carbocycles. The van der Waals surface area contributed by atoms with Gasteiger partial charge in [-0.15, -0.1) is 0 Å². The quantitative estimate of drug-likeness (QED) is 0.595. The summed E-state index contributed by atoms with van der Waals surface area (Å²) >= 11 is 7.14. The van der Waals surface area contributed by atoms with Crippen LogP contribution in [0, 0.1) is 11.8 Å². The van der Waals surface area contributed by atoms with Crippen molar-refractivity contribution < 1.29 is 0 Å². The Morgan fingerprint density at radius 2 is 1.61 bits per heavy atom. The summed E-state index contributed by atoms with van der Waals surface area (Å²) in [5, 5.41) is 0.897. The van der Waals surface area contributed by atoms with E-state index in [0.29, 0.717) is 11.8 Å². The van der Waals surface area contributed by atoms with Crippen LogP contribution in [0.2, 0.25) is 0 Å².